The summed E-state index contributed by atoms with van der Waals surface area (Å²) in [5, 5.41) is 1.27. The Labute approximate surface area is 89.1 Å². The number of nitrogens with zero attached hydrogens (tertiary/aromatic N) is 2. The van der Waals surface area contributed by atoms with Crippen molar-refractivity contribution in [3.63, 3.8) is 0 Å². The van der Waals surface area contributed by atoms with Crippen LogP contribution in [0.15, 0.2) is 22.8 Å². The maximum absolute atomic E-state index is 5.68. The van der Waals surface area contributed by atoms with Crippen LogP contribution in [-0.2, 0) is 0 Å². The molecule has 0 fully saturated rings. The minimum Gasteiger partial charge on any atom is -0.226 e. The average Bonchev–Trinajstić information content (AvgIpc) is 2.08. The number of halogens is 2. The molecule has 2 rings (SSSR count). The third kappa shape index (κ3) is 1.67. The van der Waals surface area contributed by atoms with E-state index < -0.39 is 0 Å². The molecule has 0 radical (unpaired) electrons. The zero-order valence-electron chi connectivity index (χ0n) is 6.88. The normalized spacial score (nSPS) is 10.7. The van der Waals surface area contributed by atoms with Gasteiger partial charge in [-0.3, -0.25) is 0 Å². The Hall–Kier alpha value is -0.670. The SMILES string of the molecule is Cc1cc2nc(Cl)ncc2cc1Br. The van der Waals surface area contributed by atoms with Crippen molar-refractivity contribution in [3.8, 4) is 0 Å². The Morgan fingerprint density at radius 1 is 1.38 bits per heavy atom. The van der Waals surface area contributed by atoms with E-state index in [0.717, 1.165) is 20.9 Å². The van der Waals surface area contributed by atoms with E-state index >= 15 is 0 Å². The largest absolute Gasteiger partial charge is 0.226 e. The molecule has 0 aliphatic carbocycles. The summed E-state index contributed by atoms with van der Waals surface area (Å²) in [6, 6.07) is 3.97. The molecule has 0 saturated carbocycles. The highest BCUT2D eigenvalue weighted by atomic mass is 79.9. The Kier molecular flexibility index (Phi) is 2.22. The third-order valence-electron chi connectivity index (χ3n) is 1.83. The molecule has 0 N–H and O–H groups in total. The van der Waals surface area contributed by atoms with Crippen LogP contribution in [-0.4, -0.2) is 9.97 Å². The van der Waals surface area contributed by atoms with Crippen molar-refractivity contribution < 1.29 is 0 Å². The highest BCUT2D eigenvalue weighted by Gasteiger charge is 2.01. The molecule has 2 nitrogen and oxygen atoms in total. The molecule has 0 amide bonds. The van der Waals surface area contributed by atoms with Crippen LogP contribution in [0.2, 0.25) is 5.28 Å². The second kappa shape index (κ2) is 3.24. The van der Waals surface area contributed by atoms with Crippen molar-refractivity contribution in [3.05, 3.63) is 33.6 Å². The van der Waals surface area contributed by atoms with E-state index in [1.54, 1.807) is 6.20 Å². The summed E-state index contributed by atoms with van der Waals surface area (Å²) in [5.41, 5.74) is 2.02. The smallest absolute Gasteiger partial charge is 0.222 e. The summed E-state index contributed by atoms with van der Waals surface area (Å²) in [5.74, 6) is 0. The summed E-state index contributed by atoms with van der Waals surface area (Å²) in [6.45, 7) is 2.01. The molecule has 1 heterocycles. The number of hydrogen-bond acceptors (Lipinski definition) is 2. The molecule has 0 aliphatic heterocycles. The fraction of sp³-hybridized carbons (Fsp3) is 0.111. The van der Waals surface area contributed by atoms with Gasteiger partial charge in [-0.15, -0.1) is 0 Å². The minimum absolute atomic E-state index is 0.286. The van der Waals surface area contributed by atoms with Gasteiger partial charge in [-0.05, 0) is 36.2 Å². The lowest BCUT2D eigenvalue weighted by Crippen LogP contribution is -1.85. The second-order valence-corrected chi connectivity index (χ2v) is 3.99. The third-order valence-corrected chi connectivity index (χ3v) is 2.87. The fourth-order valence-electron chi connectivity index (χ4n) is 1.13. The van der Waals surface area contributed by atoms with Crippen LogP contribution in [0.4, 0.5) is 0 Å². The van der Waals surface area contributed by atoms with Gasteiger partial charge in [0.05, 0.1) is 5.52 Å². The van der Waals surface area contributed by atoms with Crippen LogP contribution < -0.4 is 0 Å². The maximum Gasteiger partial charge on any atom is 0.222 e. The van der Waals surface area contributed by atoms with E-state index in [0.29, 0.717) is 0 Å². The topological polar surface area (TPSA) is 25.8 Å². The first-order chi connectivity index (χ1) is 6.16. The summed E-state index contributed by atoms with van der Waals surface area (Å²) in [7, 11) is 0. The zero-order valence-corrected chi connectivity index (χ0v) is 9.22. The molecule has 2 aromatic rings. The van der Waals surface area contributed by atoms with Gasteiger partial charge in [-0.2, -0.15) is 0 Å². The highest BCUT2D eigenvalue weighted by Crippen LogP contribution is 2.22. The van der Waals surface area contributed by atoms with E-state index in [1.165, 1.54) is 0 Å². The Bertz CT molecular complexity index is 470. The van der Waals surface area contributed by atoms with E-state index in [4.69, 9.17) is 11.6 Å². The van der Waals surface area contributed by atoms with E-state index in [1.807, 2.05) is 19.1 Å². The molecule has 0 spiro atoms. The van der Waals surface area contributed by atoms with Crippen LogP contribution in [0, 0.1) is 6.92 Å². The van der Waals surface area contributed by atoms with Gasteiger partial charge in [0, 0.05) is 16.1 Å². The summed E-state index contributed by atoms with van der Waals surface area (Å²) in [4.78, 5) is 8.02. The fourth-order valence-corrected chi connectivity index (χ4v) is 1.63. The molecule has 4 heteroatoms. The van der Waals surface area contributed by atoms with Gasteiger partial charge in [0.1, 0.15) is 0 Å². The van der Waals surface area contributed by atoms with E-state index in [-0.39, 0.29) is 5.28 Å². The van der Waals surface area contributed by atoms with Gasteiger partial charge in [0.25, 0.3) is 0 Å². The van der Waals surface area contributed by atoms with E-state index in [9.17, 15) is 0 Å². The van der Waals surface area contributed by atoms with Crippen LogP contribution in [0.5, 0.6) is 0 Å². The average molecular weight is 258 g/mol. The van der Waals surface area contributed by atoms with E-state index in [2.05, 4.69) is 25.9 Å². The molecule has 0 unspecified atom stereocenters. The molecule has 0 aliphatic rings. The Morgan fingerprint density at radius 2 is 2.15 bits per heavy atom. The quantitative estimate of drug-likeness (QED) is 0.676. The Balaban J connectivity index is 2.81. The Morgan fingerprint density at radius 3 is 2.92 bits per heavy atom. The molecule has 1 aromatic heterocycles. The molecular weight excluding hydrogens is 251 g/mol. The predicted molar refractivity (Wildman–Crippen MR) is 57.0 cm³/mol. The van der Waals surface area contributed by atoms with Gasteiger partial charge in [-0.1, -0.05) is 15.9 Å². The lowest BCUT2D eigenvalue weighted by atomic mass is 10.2. The van der Waals surface area contributed by atoms with Crippen molar-refractivity contribution in [2.24, 2.45) is 0 Å². The van der Waals surface area contributed by atoms with Crippen LogP contribution in [0.3, 0.4) is 0 Å². The molecule has 1 aromatic carbocycles. The second-order valence-electron chi connectivity index (χ2n) is 2.80. The number of aryl methyl sites for hydroxylation is 1. The summed E-state index contributed by atoms with van der Waals surface area (Å²) >= 11 is 9.12. The highest BCUT2D eigenvalue weighted by molar-refractivity contribution is 9.10. The summed E-state index contributed by atoms with van der Waals surface area (Å²) in [6.07, 6.45) is 1.72. The van der Waals surface area contributed by atoms with Gasteiger partial charge < -0.3 is 0 Å². The van der Waals surface area contributed by atoms with Crippen molar-refractivity contribution in [2.45, 2.75) is 6.92 Å². The zero-order chi connectivity index (χ0) is 9.42. The number of aromatic nitrogens is 2. The lowest BCUT2D eigenvalue weighted by molar-refractivity contribution is 1.22. The van der Waals surface area contributed by atoms with Crippen LogP contribution in [0.25, 0.3) is 10.9 Å². The first-order valence-corrected chi connectivity index (χ1v) is 4.92. The molecule has 0 saturated heterocycles. The molecule has 0 atom stereocenters. The standard InChI is InChI=1S/C9H6BrClN2/c1-5-2-8-6(3-7(5)10)4-12-9(11)13-8/h2-4H,1H3. The number of hydrogen-bond donors (Lipinski definition) is 0. The van der Waals surface area contributed by atoms with Crippen LogP contribution in [0.1, 0.15) is 5.56 Å². The molecule has 66 valence electrons. The first kappa shape index (κ1) is 8.91. The molecule has 13 heavy (non-hydrogen) atoms. The first-order valence-electron chi connectivity index (χ1n) is 3.75. The lowest BCUT2D eigenvalue weighted by Gasteiger charge is -2.01. The minimum atomic E-state index is 0.286. The van der Waals surface area contributed by atoms with Crippen LogP contribution >= 0.6 is 27.5 Å². The van der Waals surface area contributed by atoms with Crippen molar-refractivity contribution in [1.29, 1.82) is 0 Å². The van der Waals surface area contributed by atoms with Gasteiger partial charge in [0.2, 0.25) is 5.28 Å². The summed E-state index contributed by atoms with van der Waals surface area (Å²) < 4.78 is 1.06. The number of benzene rings is 1. The van der Waals surface area contributed by atoms with Gasteiger partial charge in [0.15, 0.2) is 0 Å². The number of fused-ring (bicyclic) bond motifs is 1. The monoisotopic (exact) mass is 256 g/mol. The van der Waals surface area contributed by atoms with Gasteiger partial charge in [-0.25, -0.2) is 9.97 Å². The molecular formula is C9H6BrClN2. The van der Waals surface area contributed by atoms with Crippen molar-refractivity contribution in [1.82, 2.24) is 9.97 Å². The predicted octanol–water partition coefficient (Wildman–Crippen LogP) is 3.35. The maximum atomic E-state index is 5.68. The van der Waals surface area contributed by atoms with Crippen molar-refractivity contribution in [2.75, 3.05) is 0 Å². The number of rotatable bonds is 0. The van der Waals surface area contributed by atoms with Crippen molar-refractivity contribution >= 4 is 38.4 Å². The van der Waals surface area contributed by atoms with Gasteiger partial charge >= 0.3 is 0 Å². The molecule has 0 bridgehead atoms.